The lowest BCUT2D eigenvalue weighted by molar-refractivity contribution is -0.274. The largest absolute Gasteiger partial charge is 0.573 e. The number of ether oxygens (including phenoxy) is 3. The molecule has 0 radical (unpaired) electrons. The van der Waals surface area contributed by atoms with Crippen molar-refractivity contribution in [2.45, 2.75) is 57.5 Å². The van der Waals surface area contributed by atoms with Crippen molar-refractivity contribution in [2.75, 3.05) is 44.1 Å². The fourth-order valence-corrected chi connectivity index (χ4v) is 5.82. The monoisotopic (exact) mass is 635 g/mol. The van der Waals surface area contributed by atoms with Crippen LogP contribution in [0.15, 0.2) is 99.8 Å². The molecule has 0 spiro atoms. The second-order valence-electron chi connectivity index (χ2n) is 11.4. The smallest absolute Gasteiger partial charge is 0.480 e. The predicted molar refractivity (Wildman–Crippen MR) is 176 cm³/mol. The zero-order valence-electron chi connectivity index (χ0n) is 26.4. The van der Waals surface area contributed by atoms with Crippen LogP contribution in [0.25, 0.3) is 0 Å². The van der Waals surface area contributed by atoms with Gasteiger partial charge in [0, 0.05) is 44.2 Å². The van der Waals surface area contributed by atoms with Crippen LogP contribution in [0.1, 0.15) is 39.0 Å². The lowest BCUT2D eigenvalue weighted by Crippen LogP contribution is -2.32. The zero-order valence-corrected chi connectivity index (χ0v) is 26.4. The lowest BCUT2D eigenvalue weighted by Gasteiger charge is -2.30. The van der Waals surface area contributed by atoms with Crippen LogP contribution in [0.4, 0.5) is 24.5 Å². The summed E-state index contributed by atoms with van der Waals surface area (Å²) in [7, 11) is 3.35. The Hall–Kier alpha value is -4.38. The summed E-state index contributed by atoms with van der Waals surface area (Å²) in [5.74, 6) is 0.221. The van der Waals surface area contributed by atoms with Gasteiger partial charge < -0.3 is 24.4 Å². The van der Waals surface area contributed by atoms with Crippen LogP contribution in [-0.4, -0.2) is 68.8 Å². The molecule has 2 aliphatic carbocycles. The Morgan fingerprint density at radius 1 is 1.04 bits per heavy atom. The van der Waals surface area contributed by atoms with E-state index in [0.717, 1.165) is 65.3 Å². The van der Waals surface area contributed by atoms with Crippen LogP contribution in [0, 0.1) is 0 Å². The van der Waals surface area contributed by atoms with Gasteiger partial charge >= 0.3 is 6.36 Å². The third-order valence-corrected chi connectivity index (χ3v) is 8.18. The standard InChI is InChI=1S/C35H40F3N5O3/c1-4-5-7-24-21-40-30-17-18-31(42-32-8-6-19-39-34(32)45-3)33(41-26-9-13-28(44-2)14-10-26)20-25(30)23-43(22-24)27-11-15-29(16-12-27)46-35(36,37)38/h4-8,11-12,15-16,18-20,26,28,42H,9-10,13-14,17,21-23H2,1-3H3/b5-4-,24-7-,40-30?,41-33?. The molecule has 1 aromatic heterocycles. The Bertz CT molecular complexity index is 1540. The number of hydrogen-bond donors (Lipinski definition) is 1. The third-order valence-electron chi connectivity index (χ3n) is 8.18. The number of pyridine rings is 1. The number of alkyl halides is 3. The Kier molecular flexibility index (Phi) is 11.0. The van der Waals surface area contributed by atoms with Gasteiger partial charge in [-0.15, -0.1) is 13.2 Å². The van der Waals surface area contributed by atoms with Gasteiger partial charge in [0.25, 0.3) is 0 Å². The van der Waals surface area contributed by atoms with Gasteiger partial charge in [0.2, 0.25) is 5.88 Å². The van der Waals surface area contributed by atoms with Crippen molar-refractivity contribution >= 4 is 22.8 Å². The van der Waals surface area contributed by atoms with Gasteiger partial charge in [0.1, 0.15) is 11.4 Å². The molecule has 1 N–H and O–H groups in total. The Morgan fingerprint density at radius 2 is 1.83 bits per heavy atom. The zero-order chi connectivity index (χ0) is 32.5. The molecule has 5 rings (SSSR count). The fraction of sp³-hybridized carbons (Fsp3) is 0.400. The summed E-state index contributed by atoms with van der Waals surface area (Å²) < 4.78 is 53.7. The summed E-state index contributed by atoms with van der Waals surface area (Å²) in [4.78, 5) is 16.8. The maximum Gasteiger partial charge on any atom is 0.573 e. The number of benzene rings is 1. The van der Waals surface area contributed by atoms with Crippen molar-refractivity contribution in [3.63, 3.8) is 0 Å². The summed E-state index contributed by atoms with van der Waals surface area (Å²) >= 11 is 0. The van der Waals surface area contributed by atoms with Gasteiger partial charge in [-0.05, 0) is 86.2 Å². The first-order chi connectivity index (χ1) is 22.2. The van der Waals surface area contributed by atoms with E-state index < -0.39 is 6.36 Å². The molecule has 2 aromatic rings. The summed E-state index contributed by atoms with van der Waals surface area (Å²) in [6, 6.07) is 9.92. The first-order valence-electron chi connectivity index (χ1n) is 15.5. The van der Waals surface area contributed by atoms with Gasteiger partial charge in [0.05, 0.1) is 37.2 Å². The molecule has 0 amide bonds. The second-order valence-corrected chi connectivity index (χ2v) is 11.4. The van der Waals surface area contributed by atoms with E-state index in [-0.39, 0.29) is 17.9 Å². The Labute approximate surface area is 268 Å². The third kappa shape index (κ3) is 8.87. The van der Waals surface area contributed by atoms with Crippen molar-refractivity contribution in [2.24, 2.45) is 9.98 Å². The SMILES string of the molecule is C/C=C\C=C1\CN=C2CC=C(Nc3cccnc3OC)C(=NC3CCC(OC)CC3)C=C2CN(c2ccc(OC(F)(F)F)cc2)C1. The number of rotatable bonds is 8. The lowest BCUT2D eigenvalue weighted by atomic mass is 9.93. The number of nitrogens with one attached hydrogen (secondary N) is 1. The molecule has 3 aliphatic rings. The van der Waals surface area contributed by atoms with Crippen LogP contribution < -0.4 is 19.7 Å². The number of aliphatic imine (C=N–C) groups is 2. The Balaban J connectivity index is 1.53. The number of hydrogen-bond acceptors (Lipinski definition) is 8. The van der Waals surface area contributed by atoms with E-state index in [4.69, 9.17) is 19.5 Å². The molecule has 2 heterocycles. The molecule has 11 heteroatoms. The average Bonchev–Trinajstić information content (AvgIpc) is 3.19. The number of anilines is 2. The van der Waals surface area contributed by atoms with Gasteiger partial charge in [-0.3, -0.25) is 9.98 Å². The molecular weight excluding hydrogens is 595 g/mol. The van der Waals surface area contributed by atoms with E-state index in [1.54, 1.807) is 32.5 Å². The van der Waals surface area contributed by atoms with Gasteiger partial charge in [-0.2, -0.15) is 0 Å². The van der Waals surface area contributed by atoms with Crippen molar-refractivity contribution in [1.82, 2.24) is 4.98 Å². The molecule has 1 aromatic carbocycles. The Morgan fingerprint density at radius 3 is 2.52 bits per heavy atom. The summed E-state index contributed by atoms with van der Waals surface area (Å²) in [6.07, 6.45) is 11.7. The van der Waals surface area contributed by atoms with Crippen LogP contribution in [0.2, 0.25) is 0 Å². The minimum Gasteiger partial charge on any atom is -0.480 e. The van der Waals surface area contributed by atoms with E-state index in [1.165, 1.54) is 12.1 Å². The van der Waals surface area contributed by atoms with E-state index >= 15 is 0 Å². The highest BCUT2D eigenvalue weighted by Gasteiger charge is 2.31. The highest BCUT2D eigenvalue weighted by atomic mass is 19.4. The van der Waals surface area contributed by atoms with Crippen LogP contribution >= 0.6 is 0 Å². The molecule has 244 valence electrons. The summed E-state index contributed by atoms with van der Waals surface area (Å²) in [6.45, 7) is 3.48. The molecule has 8 nitrogen and oxygen atoms in total. The van der Waals surface area contributed by atoms with Gasteiger partial charge in [-0.25, -0.2) is 4.98 Å². The number of fused-ring (bicyclic) bond motifs is 1. The highest BCUT2D eigenvalue weighted by Crippen LogP contribution is 2.30. The van der Waals surface area contributed by atoms with E-state index in [2.05, 4.69) is 32.1 Å². The van der Waals surface area contributed by atoms with Crippen LogP contribution in [-0.2, 0) is 4.74 Å². The highest BCUT2D eigenvalue weighted by molar-refractivity contribution is 6.18. The maximum atomic E-state index is 12.8. The number of aromatic nitrogens is 1. The molecule has 46 heavy (non-hydrogen) atoms. The number of allylic oxidation sites excluding steroid dienone is 5. The van der Waals surface area contributed by atoms with Crippen LogP contribution in [0.3, 0.4) is 0 Å². The summed E-state index contributed by atoms with van der Waals surface area (Å²) in [5, 5.41) is 3.52. The van der Waals surface area contributed by atoms with E-state index in [1.807, 2.05) is 37.3 Å². The minimum atomic E-state index is -4.75. The summed E-state index contributed by atoms with van der Waals surface area (Å²) in [5.41, 5.74) is 6.16. The normalized spacial score (nSPS) is 22.7. The fourth-order valence-electron chi connectivity index (χ4n) is 5.82. The molecule has 1 fully saturated rings. The molecule has 0 unspecified atom stereocenters. The quantitative estimate of drug-likeness (QED) is 0.324. The predicted octanol–water partition coefficient (Wildman–Crippen LogP) is 7.48. The van der Waals surface area contributed by atoms with Crippen molar-refractivity contribution in [3.8, 4) is 11.6 Å². The van der Waals surface area contributed by atoms with Gasteiger partial charge in [-0.1, -0.05) is 24.3 Å². The van der Waals surface area contributed by atoms with Gasteiger partial charge in [0.15, 0.2) is 0 Å². The number of nitrogens with zero attached hydrogens (tertiary/aromatic N) is 4. The van der Waals surface area contributed by atoms with Crippen LogP contribution in [0.5, 0.6) is 11.6 Å². The van der Waals surface area contributed by atoms with E-state index in [0.29, 0.717) is 31.9 Å². The topological polar surface area (TPSA) is 80.6 Å². The first kappa shape index (κ1) is 33.0. The first-order valence-corrected chi connectivity index (χ1v) is 15.5. The average molecular weight is 636 g/mol. The van der Waals surface area contributed by atoms with Crippen molar-refractivity contribution in [3.05, 3.63) is 89.8 Å². The molecular formula is C35H40F3N5O3. The molecule has 0 bridgehead atoms. The number of halogens is 3. The minimum absolute atomic E-state index is 0.138. The van der Waals surface area contributed by atoms with Crippen molar-refractivity contribution < 1.29 is 27.4 Å². The molecule has 1 aliphatic heterocycles. The van der Waals surface area contributed by atoms with Crippen molar-refractivity contribution in [1.29, 1.82) is 0 Å². The van der Waals surface area contributed by atoms with E-state index in [9.17, 15) is 13.2 Å². The molecule has 1 saturated carbocycles. The number of methoxy groups -OCH3 is 2. The maximum absolute atomic E-state index is 12.8. The molecule has 0 saturated heterocycles. The second kappa shape index (κ2) is 15.3. The molecule has 0 atom stereocenters.